The second-order valence-electron chi connectivity index (χ2n) is 7.33. The lowest BCUT2D eigenvalue weighted by atomic mass is 9.74. The molecule has 0 saturated carbocycles. The lowest BCUT2D eigenvalue weighted by Crippen LogP contribution is -2.41. The molecule has 0 radical (unpaired) electrons. The molecule has 1 saturated heterocycles. The van der Waals surface area contributed by atoms with Crippen molar-refractivity contribution in [1.82, 2.24) is 4.90 Å². The highest BCUT2D eigenvalue weighted by molar-refractivity contribution is 6.42. The normalized spacial score (nSPS) is 18.2. The van der Waals surface area contributed by atoms with E-state index in [2.05, 4.69) is 46.6 Å². The summed E-state index contributed by atoms with van der Waals surface area (Å²) in [7, 11) is 0. The number of piperidine rings is 1. The summed E-state index contributed by atoms with van der Waals surface area (Å²) in [5.74, 6) is 0. The van der Waals surface area contributed by atoms with Gasteiger partial charge in [-0.15, -0.1) is 0 Å². The summed E-state index contributed by atoms with van der Waals surface area (Å²) in [5.41, 5.74) is 4.25. The van der Waals surface area contributed by atoms with Crippen molar-refractivity contribution in [2.24, 2.45) is 0 Å². The summed E-state index contributed by atoms with van der Waals surface area (Å²) in [5, 5.41) is 4.63. The van der Waals surface area contributed by atoms with E-state index >= 15 is 0 Å². The summed E-state index contributed by atoms with van der Waals surface area (Å²) in [4.78, 5) is 2.59. The summed E-state index contributed by atoms with van der Waals surface area (Å²) in [6.45, 7) is 4.43. The molecule has 4 rings (SSSR count). The summed E-state index contributed by atoms with van der Waals surface area (Å²) < 4.78 is 0. The standard InChI is InChI=1S/C22H24Cl2N2/c23-20-7-6-18(16-21(20)24)25-12-3-13-26-14-10-22(11-15-26)9-8-17-4-1-2-5-19(17)22/h1-2,4-9,16,25H,3,10-15H2. The van der Waals surface area contributed by atoms with Gasteiger partial charge in [0.05, 0.1) is 10.0 Å². The van der Waals surface area contributed by atoms with Crippen LogP contribution in [0.15, 0.2) is 48.5 Å². The van der Waals surface area contributed by atoms with Crippen LogP contribution in [0.25, 0.3) is 6.08 Å². The van der Waals surface area contributed by atoms with Crippen molar-refractivity contribution >= 4 is 35.0 Å². The van der Waals surface area contributed by atoms with E-state index in [1.165, 1.54) is 37.1 Å². The van der Waals surface area contributed by atoms with Gasteiger partial charge in [0, 0.05) is 17.6 Å². The zero-order valence-corrected chi connectivity index (χ0v) is 16.4. The first-order chi connectivity index (χ1) is 12.7. The molecular formula is C22H24Cl2N2. The maximum Gasteiger partial charge on any atom is 0.0612 e. The fourth-order valence-corrected chi connectivity index (χ4v) is 4.49. The van der Waals surface area contributed by atoms with E-state index < -0.39 is 0 Å². The number of allylic oxidation sites excluding steroid dienone is 1. The Morgan fingerprint density at radius 2 is 1.81 bits per heavy atom. The number of hydrogen-bond acceptors (Lipinski definition) is 2. The number of rotatable bonds is 5. The molecule has 1 spiro atoms. The van der Waals surface area contributed by atoms with Crippen molar-refractivity contribution in [3.8, 4) is 0 Å². The number of nitrogens with zero attached hydrogens (tertiary/aromatic N) is 1. The third-order valence-electron chi connectivity index (χ3n) is 5.73. The van der Waals surface area contributed by atoms with Crippen LogP contribution in [-0.4, -0.2) is 31.1 Å². The van der Waals surface area contributed by atoms with E-state index in [9.17, 15) is 0 Å². The van der Waals surface area contributed by atoms with E-state index in [0.717, 1.165) is 25.2 Å². The minimum absolute atomic E-state index is 0.283. The predicted octanol–water partition coefficient (Wildman–Crippen LogP) is 5.86. The van der Waals surface area contributed by atoms with Crippen LogP contribution < -0.4 is 5.32 Å². The molecule has 1 N–H and O–H groups in total. The lowest BCUT2D eigenvalue weighted by molar-refractivity contribution is 0.184. The molecule has 0 unspecified atom stereocenters. The Hall–Kier alpha value is -1.48. The topological polar surface area (TPSA) is 15.3 Å². The largest absolute Gasteiger partial charge is 0.385 e. The number of nitrogens with one attached hydrogen (secondary N) is 1. The van der Waals surface area contributed by atoms with Gasteiger partial charge in [-0.3, -0.25) is 0 Å². The van der Waals surface area contributed by atoms with Crippen LogP contribution in [-0.2, 0) is 5.41 Å². The van der Waals surface area contributed by atoms with E-state index in [-0.39, 0.29) is 5.41 Å². The molecule has 136 valence electrons. The van der Waals surface area contributed by atoms with Crippen LogP contribution in [0, 0.1) is 0 Å². The van der Waals surface area contributed by atoms with E-state index in [1.54, 1.807) is 0 Å². The zero-order valence-electron chi connectivity index (χ0n) is 14.8. The number of halogens is 2. The minimum atomic E-state index is 0.283. The molecule has 2 nitrogen and oxygen atoms in total. The minimum Gasteiger partial charge on any atom is -0.385 e. The quantitative estimate of drug-likeness (QED) is 0.647. The molecule has 0 aromatic heterocycles. The van der Waals surface area contributed by atoms with Gasteiger partial charge in [0.2, 0.25) is 0 Å². The second-order valence-corrected chi connectivity index (χ2v) is 8.14. The first-order valence-electron chi connectivity index (χ1n) is 9.36. The van der Waals surface area contributed by atoms with Crippen molar-refractivity contribution in [2.45, 2.75) is 24.7 Å². The number of fused-ring (bicyclic) bond motifs is 2. The molecule has 1 aliphatic heterocycles. The lowest BCUT2D eigenvalue weighted by Gasteiger charge is -2.39. The van der Waals surface area contributed by atoms with E-state index in [4.69, 9.17) is 23.2 Å². The third-order valence-corrected chi connectivity index (χ3v) is 6.47. The first kappa shape index (κ1) is 17.9. The van der Waals surface area contributed by atoms with Gasteiger partial charge in [-0.1, -0.05) is 59.6 Å². The molecule has 4 heteroatoms. The average molecular weight is 387 g/mol. The van der Waals surface area contributed by atoms with Gasteiger partial charge in [0.25, 0.3) is 0 Å². The van der Waals surface area contributed by atoms with Gasteiger partial charge in [0.1, 0.15) is 0 Å². The maximum absolute atomic E-state index is 6.06. The van der Waals surface area contributed by atoms with Gasteiger partial charge < -0.3 is 10.2 Å². The Balaban J connectivity index is 1.24. The number of benzene rings is 2. The van der Waals surface area contributed by atoms with Crippen LogP contribution >= 0.6 is 23.2 Å². The van der Waals surface area contributed by atoms with E-state index in [1.807, 2.05) is 18.2 Å². The SMILES string of the molecule is Clc1ccc(NCCCN2CCC3(C=Cc4ccccc43)CC2)cc1Cl. The number of hydrogen-bond donors (Lipinski definition) is 1. The van der Waals surface area contributed by atoms with E-state index in [0.29, 0.717) is 10.0 Å². The van der Waals surface area contributed by atoms with Crippen molar-refractivity contribution in [3.63, 3.8) is 0 Å². The molecule has 1 heterocycles. The van der Waals surface area contributed by atoms with Gasteiger partial charge in [-0.2, -0.15) is 0 Å². The highest BCUT2D eigenvalue weighted by atomic mass is 35.5. The van der Waals surface area contributed by atoms with Gasteiger partial charge in [-0.25, -0.2) is 0 Å². The number of likely N-dealkylation sites (tertiary alicyclic amines) is 1. The summed E-state index contributed by atoms with van der Waals surface area (Å²) >= 11 is 12.0. The maximum atomic E-state index is 6.06. The number of anilines is 1. The Morgan fingerprint density at radius 3 is 2.62 bits per heavy atom. The summed E-state index contributed by atoms with van der Waals surface area (Å²) in [6.07, 6.45) is 8.33. The second kappa shape index (κ2) is 7.64. The molecule has 1 aliphatic carbocycles. The molecule has 1 fully saturated rings. The van der Waals surface area contributed by atoms with Crippen molar-refractivity contribution in [3.05, 3.63) is 69.7 Å². The van der Waals surface area contributed by atoms with Crippen LogP contribution in [0.4, 0.5) is 5.69 Å². The van der Waals surface area contributed by atoms with Crippen LogP contribution in [0.2, 0.25) is 10.0 Å². The summed E-state index contributed by atoms with van der Waals surface area (Å²) in [6, 6.07) is 14.6. The monoisotopic (exact) mass is 386 g/mol. The average Bonchev–Trinajstić information content (AvgIpc) is 3.02. The Kier molecular flexibility index (Phi) is 5.26. The molecular weight excluding hydrogens is 363 g/mol. The van der Waals surface area contributed by atoms with Crippen molar-refractivity contribution < 1.29 is 0 Å². The van der Waals surface area contributed by atoms with Crippen LogP contribution in [0.5, 0.6) is 0 Å². The molecule has 0 amide bonds. The Bertz CT molecular complexity index is 808. The molecule has 0 bridgehead atoms. The Labute approximate surface area is 165 Å². The fraction of sp³-hybridized carbons (Fsp3) is 0.364. The molecule has 0 atom stereocenters. The van der Waals surface area contributed by atoms with Gasteiger partial charge in [0.15, 0.2) is 0 Å². The molecule has 2 aromatic rings. The predicted molar refractivity (Wildman–Crippen MR) is 112 cm³/mol. The van der Waals surface area contributed by atoms with Crippen molar-refractivity contribution in [1.29, 1.82) is 0 Å². The Morgan fingerprint density at radius 1 is 1.00 bits per heavy atom. The highest BCUT2D eigenvalue weighted by Gasteiger charge is 2.37. The molecule has 2 aliphatic rings. The smallest absolute Gasteiger partial charge is 0.0612 e. The molecule has 26 heavy (non-hydrogen) atoms. The van der Waals surface area contributed by atoms with Crippen LogP contribution in [0.3, 0.4) is 0 Å². The van der Waals surface area contributed by atoms with Crippen molar-refractivity contribution in [2.75, 3.05) is 31.5 Å². The fourth-order valence-electron chi connectivity index (χ4n) is 4.19. The van der Waals surface area contributed by atoms with Crippen LogP contribution in [0.1, 0.15) is 30.4 Å². The first-order valence-corrected chi connectivity index (χ1v) is 10.1. The van der Waals surface area contributed by atoms with Gasteiger partial charge >= 0.3 is 0 Å². The highest BCUT2D eigenvalue weighted by Crippen LogP contribution is 2.43. The molecule has 2 aromatic carbocycles. The van der Waals surface area contributed by atoms with Gasteiger partial charge in [-0.05, 0) is 68.2 Å². The zero-order chi connectivity index (χ0) is 18.0. The third kappa shape index (κ3) is 3.64.